The number of hydrogen-bond acceptors (Lipinski definition) is 6. The van der Waals surface area contributed by atoms with Gasteiger partial charge < -0.3 is 10.8 Å². The normalized spacial score (nSPS) is 16.2. The number of hydrazine groups is 1. The van der Waals surface area contributed by atoms with E-state index in [0.717, 1.165) is 24.2 Å². The SMILES string of the molecule is CC(C)(O)c1cccn2c(C3(/C(N)=N/NNCc4ccc(Cl)cc4)CC3)nnc12. The van der Waals surface area contributed by atoms with Crippen molar-refractivity contribution in [2.24, 2.45) is 10.8 Å². The van der Waals surface area contributed by atoms with Gasteiger partial charge in [0.05, 0.1) is 11.0 Å². The van der Waals surface area contributed by atoms with E-state index in [4.69, 9.17) is 17.3 Å². The molecule has 0 spiro atoms. The Balaban J connectivity index is 1.51. The van der Waals surface area contributed by atoms with Crippen molar-refractivity contribution in [2.45, 2.75) is 44.2 Å². The fourth-order valence-electron chi connectivity index (χ4n) is 3.39. The number of halogens is 1. The fourth-order valence-corrected chi connectivity index (χ4v) is 3.52. The molecular weight excluding hydrogens is 390 g/mol. The Kier molecular flexibility index (Phi) is 4.94. The summed E-state index contributed by atoms with van der Waals surface area (Å²) in [6.45, 7) is 4.04. The molecule has 29 heavy (non-hydrogen) atoms. The van der Waals surface area contributed by atoms with Crippen LogP contribution in [0.15, 0.2) is 47.7 Å². The summed E-state index contributed by atoms with van der Waals surface area (Å²) in [6, 6.07) is 11.3. The molecule has 2 heterocycles. The van der Waals surface area contributed by atoms with Crippen LogP contribution in [-0.2, 0) is 17.6 Å². The van der Waals surface area contributed by atoms with Gasteiger partial charge in [-0.05, 0) is 50.5 Å². The van der Waals surface area contributed by atoms with Gasteiger partial charge in [0.1, 0.15) is 5.84 Å². The molecule has 8 nitrogen and oxygen atoms in total. The largest absolute Gasteiger partial charge is 0.386 e. The first-order valence-corrected chi connectivity index (χ1v) is 9.82. The lowest BCUT2D eigenvalue weighted by Crippen LogP contribution is -2.36. The number of aromatic nitrogens is 3. The fraction of sp³-hybridized carbons (Fsp3) is 0.350. The summed E-state index contributed by atoms with van der Waals surface area (Å²) in [5.74, 6) is 1.18. The highest BCUT2D eigenvalue weighted by molar-refractivity contribution is 6.30. The van der Waals surface area contributed by atoms with Gasteiger partial charge in [0.15, 0.2) is 11.5 Å². The van der Waals surface area contributed by atoms with Crippen molar-refractivity contribution in [2.75, 3.05) is 0 Å². The molecule has 5 N–H and O–H groups in total. The van der Waals surface area contributed by atoms with Crippen molar-refractivity contribution >= 4 is 23.1 Å². The van der Waals surface area contributed by atoms with Crippen molar-refractivity contribution in [3.63, 3.8) is 0 Å². The van der Waals surface area contributed by atoms with Gasteiger partial charge in [-0.2, -0.15) is 5.10 Å². The molecule has 0 saturated heterocycles. The minimum Gasteiger partial charge on any atom is -0.386 e. The molecule has 1 fully saturated rings. The van der Waals surface area contributed by atoms with E-state index >= 15 is 0 Å². The maximum absolute atomic E-state index is 10.4. The minimum atomic E-state index is -1.02. The number of fused-ring (bicyclic) bond motifs is 1. The van der Waals surface area contributed by atoms with Gasteiger partial charge in [0, 0.05) is 23.3 Å². The van der Waals surface area contributed by atoms with Gasteiger partial charge in [0.25, 0.3) is 0 Å². The third-order valence-corrected chi connectivity index (χ3v) is 5.48. The maximum Gasteiger partial charge on any atom is 0.166 e. The Labute approximate surface area is 173 Å². The number of nitrogens with two attached hydrogens (primary N) is 1. The summed E-state index contributed by atoms with van der Waals surface area (Å²) in [5, 5.41) is 24.1. The predicted octanol–water partition coefficient (Wildman–Crippen LogP) is 2.21. The average molecular weight is 414 g/mol. The van der Waals surface area contributed by atoms with Gasteiger partial charge >= 0.3 is 0 Å². The molecule has 1 aliphatic rings. The molecule has 0 bridgehead atoms. The molecule has 1 saturated carbocycles. The second kappa shape index (κ2) is 7.29. The molecule has 0 aliphatic heterocycles. The number of pyridine rings is 1. The van der Waals surface area contributed by atoms with E-state index in [-0.39, 0.29) is 0 Å². The molecule has 3 aromatic rings. The molecule has 152 valence electrons. The number of amidine groups is 1. The third-order valence-electron chi connectivity index (χ3n) is 5.22. The number of nitrogens with one attached hydrogen (secondary N) is 2. The molecule has 0 unspecified atom stereocenters. The van der Waals surface area contributed by atoms with Crippen molar-refractivity contribution in [1.29, 1.82) is 0 Å². The number of hydrazone groups is 1. The Hall–Kier alpha value is -2.68. The van der Waals surface area contributed by atoms with Crippen LogP contribution in [0.4, 0.5) is 0 Å². The van der Waals surface area contributed by atoms with Crippen molar-refractivity contribution in [1.82, 2.24) is 25.6 Å². The Bertz CT molecular complexity index is 1050. The molecule has 1 aliphatic carbocycles. The van der Waals surface area contributed by atoms with E-state index in [0.29, 0.717) is 28.6 Å². The lowest BCUT2D eigenvalue weighted by Gasteiger charge is -2.18. The van der Waals surface area contributed by atoms with Crippen molar-refractivity contribution in [3.8, 4) is 0 Å². The molecule has 0 atom stereocenters. The van der Waals surface area contributed by atoms with E-state index in [2.05, 4.69) is 26.3 Å². The van der Waals surface area contributed by atoms with Crippen LogP contribution in [0.3, 0.4) is 0 Å². The summed E-state index contributed by atoms with van der Waals surface area (Å²) in [5.41, 5.74) is 13.1. The van der Waals surface area contributed by atoms with Gasteiger partial charge in [-0.3, -0.25) is 4.40 Å². The van der Waals surface area contributed by atoms with Crippen molar-refractivity contribution < 1.29 is 5.11 Å². The topological polar surface area (TPSA) is 113 Å². The molecule has 4 rings (SSSR count). The number of nitrogens with zero attached hydrogens (tertiary/aromatic N) is 4. The van der Waals surface area contributed by atoms with Gasteiger partial charge in [-0.25, -0.2) is 11.0 Å². The van der Waals surface area contributed by atoms with Crippen LogP contribution in [0.1, 0.15) is 43.6 Å². The second-order valence-electron chi connectivity index (χ2n) is 7.87. The Morgan fingerprint density at radius 3 is 2.66 bits per heavy atom. The highest BCUT2D eigenvalue weighted by atomic mass is 35.5. The average Bonchev–Trinajstić information content (AvgIpc) is 3.38. The van der Waals surface area contributed by atoms with Crippen LogP contribution in [0.5, 0.6) is 0 Å². The predicted molar refractivity (Wildman–Crippen MR) is 112 cm³/mol. The van der Waals surface area contributed by atoms with E-state index in [1.807, 2.05) is 47.0 Å². The second-order valence-corrected chi connectivity index (χ2v) is 8.31. The summed E-state index contributed by atoms with van der Waals surface area (Å²) in [7, 11) is 0. The third kappa shape index (κ3) is 3.78. The summed E-state index contributed by atoms with van der Waals surface area (Å²) in [4.78, 5) is 0. The molecule has 0 radical (unpaired) electrons. The van der Waals surface area contributed by atoms with Gasteiger partial charge in [0.2, 0.25) is 0 Å². The van der Waals surface area contributed by atoms with Crippen LogP contribution in [0.25, 0.3) is 5.65 Å². The van der Waals surface area contributed by atoms with Crippen LogP contribution in [0.2, 0.25) is 5.02 Å². The van der Waals surface area contributed by atoms with Crippen LogP contribution < -0.4 is 16.7 Å². The van der Waals surface area contributed by atoms with Crippen molar-refractivity contribution in [3.05, 3.63) is 64.6 Å². The zero-order valence-electron chi connectivity index (χ0n) is 16.4. The smallest absolute Gasteiger partial charge is 0.166 e. The first-order valence-electron chi connectivity index (χ1n) is 9.44. The van der Waals surface area contributed by atoms with Crippen LogP contribution in [-0.4, -0.2) is 25.5 Å². The number of rotatable bonds is 7. The van der Waals surface area contributed by atoms with Gasteiger partial charge in [-0.15, -0.1) is 10.2 Å². The van der Waals surface area contributed by atoms with E-state index in [9.17, 15) is 5.11 Å². The minimum absolute atomic E-state index is 0.448. The molecule has 9 heteroatoms. The van der Waals surface area contributed by atoms with Crippen LogP contribution >= 0.6 is 11.6 Å². The molecule has 1 aromatic carbocycles. The molecule has 2 aromatic heterocycles. The van der Waals surface area contributed by atoms with E-state index < -0.39 is 11.0 Å². The lowest BCUT2D eigenvalue weighted by molar-refractivity contribution is 0.0796. The highest BCUT2D eigenvalue weighted by Crippen LogP contribution is 2.47. The van der Waals surface area contributed by atoms with Crippen LogP contribution in [0, 0.1) is 0 Å². The Morgan fingerprint density at radius 2 is 2.00 bits per heavy atom. The Morgan fingerprint density at radius 1 is 1.28 bits per heavy atom. The summed E-state index contributed by atoms with van der Waals surface area (Å²) in [6.07, 6.45) is 3.57. The quantitative estimate of drug-likeness (QED) is 0.204. The summed E-state index contributed by atoms with van der Waals surface area (Å²) < 4.78 is 1.89. The van der Waals surface area contributed by atoms with E-state index in [1.54, 1.807) is 13.8 Å². The highest BCUT2D eigenvalue weighted by Gasteiger charge is 2.52. The first kappa shape index (κ1) is 19.6. The number of hydrogen-bond donors (Lipinski definition) is 4. The maximum atomic E-state index is 10.4. The zero-order valence-corrected chi connectivity index (χ0v) is 17.1. The number of aliphatic hydroxyl groups is 1. The molecule has 0 amide bonds. The first-order chi connectivity index (χ1) is 13.8. The standard InChI is InChI=1S/C20H24ClN7O/c1-19(2,29)15-4-3-11-28-16(15)24-26-18(28)20(9-10-20)17(22)25-27-23-12-13-5-7-14(21)8-6-13/h3-8,11,23,27,29H,9-10,12H2,1-2H3,(H2,22,25). The van der Waals surface area contributed by atoms with E-state index in [1.165, 1.54) is 0 Å². The number of benzene rings is 1. The summed E-state index contributed by atoms with van der Waals surface area (Å²) >= 11 is 5.90. The van der Waals surface area contributed by atoms with Gasteiger partial charge in [-0.1, -0.05) is 29.8 Å². The molecular formula is C20H24ClN7O. The monoisotopic (exact) mass is 413 g/mol. The lowest BCUT2D eigenvalue weighted by atomic mass is 9.99. The zero-order chi connectivity index (χ0) is 20.6.